The first-order valence-corrected chi connectivity index (χ1v) is 8.45. The molecule has 2 heterocycles. The number of rotatable bonds is 2. The van der Waals surface area contributed by atoms with E-state index >= 15 is 0 Å². The average molecular weight is 385 g/mol. The molecule has 10 nitrogen and oxygen atoms in total. The van der Waals surface area contributed by atoms with Gasteiger partial charge in [0.05, 0.1) is 0 Å². The summed E-state index contributed by atoms with van der Waals surface area (Å²) in [5.41, 5.74) is 9.95. The Morgan fingerprint density at radius 1 is 1.23 bits per heavy atom. The SMILES string of the molecule is CC1(C)CC(NC(=N)NC(=O)c2nc(Cl)c(N)nc2N)CC(C)(C)N1O. The number of nitrogens with one attached hydrogen (secondary N) is 3. The number of hydrogen-bond acceptors (Lipinski definition) is 8. The highest BCUT2D eigenvalue weighted by Crippen LogP contribution is 2.36. The van der Waals surface area contributed by atoms with E-state index in [2.05, 4.69) is 20.6 Å². The Morgan fingerprint density at radius 3 is 2.31 bits per heavy atom. The third-order valence-electron chi connectivity index (χ3n) is 4.35. The molecule has 0 radical (unpaired) electrons. The molecule has 1 aliphatic heterocycles. The fraction of sp³-hybridized carbons (Fsp3) is 0.600. The van der Waals surface area contributed by atoms with Gasteiger partial charge in [0.25, 0.3) is 5.91 Å². The molecular weight excluding hydrogens is 360 g/mol. The van der Waals surface area contributed by atoms with Crippen molar-refractivity contribution in [2.45, 2.75) is 57.7 Å². The number of piperidine rings is 1. The predicted molar refractivity (Wildman–Crippen MR) is 99.0 cm³/mol. The van der Waals surface area contributed by atoms with Gasteiger partial charge in [0.15, 0.2) is 28.4 Å². The fourth-order valence-electron chi connectivity index (χ4n) is 3.39. The maximum atomic E-state index is 12.3. The standard InChI is InChI=1S/C15H25ClN8O2/c1-14(2)5-7(6-15(3,4)24(14)26)20-13(19)23-12(25)8-10(17)22-11(18)9(16)21-8/h7,26H,5-6H2,1-4H3,(H4,17,18,22)(H3,19,20,23,25). The van der Waals surface area contributed by atoms with E-state index in [0.29, 0.717) is 12.8 Å². The molecule has 1 fully saturated rings. The molecule has 1 saturated heterocycles. The first kappa shape index (κ1) is 20.1. The van der Waals surface area contributed by atoms with Gasteiger partial charge in [0.1, 0.15) is 0 Å². The second-order valence-electron chi connectivity index (χ2n) is 7.65. The van der Waals surface area contributed by atoms with Gasteiger partial charge in [0, 0.05) is 17.1 Å². The van der Waals surface area contributed by atoms with Crippen LogP contribution in [0.3, 0.4) is 0 Å². The number of guanidine groups is 1. The molecule has 0 aliphatic carbocycles. The van der Waals surface area contributed by atoms with Crippen molar-refractivity contribution in [3.63, 3.8) is 0 Å². The first-order chi connectivity index (χ1) is 11.8. The van der Waals surface area contributed by atoms with Gasteiger partial charge in [-0.1, -0.05) is 11.6 Å². The van der Waals surface area contributed by atoms with Gasteiger partial charge in [-0.05, 0) is 40.5 Å². The quantitative estimate of drug-likeness (QED) is 0.324. The number of aromatic nitrogens is 2. The summed E-state index contributed by atoms with van der Waals surface area (Å²) in [7, 11) is 0. The van der Waals surface area contributed by atoms with Crippen molar-refractivity contribution in [3.8, 4) is 0 Å². The third-order valence-corrected chi connectivity index (χ3v) is 4.62. The van der Waals surface area contributed by atoms with Gasteiger partial charge >= 0.3 is 0 Å². The zero-order valence-corrected chi connectivity index (χ0v) is 16.0. The van der Waals surface area contributed by atoms with E-state index in [0.717, 1.165) is 0 Å². The second-order valence-corrected chi connectivity index (χ2v) is 8.01. The number of nitrogens with two attached hydrogens (primary N) is 2. The summed E-state index contributed by atoms with van der Waals surface area (Å²) in [5.74, 6) is -1.16. The summed E-state index contributed by atoms with van der Waals surface area (Å²) in [5, 5.41) is 24.9. The van der Waals surface area contributed by atoms with Gasteiger partial charge in [-0.2, -0.15) is 5.06 Å². The highest BCUT2D eigenvalue weighted by molar-refractivity contribution is 6.31. The molecule has 1 aromatic heterocycles. The van der Waals surface area contributed by atoms with Crippen LogP contribution in [0.25, 0.3) is 0 Å². The third kappa shape index (κ3) is 4.14. The monoisotopic (exact) mass is 384 g/mol. The molecule has 1 aliphatic rings. The molecule has 0 atom stereocenters. The van der Waals surface area contributed by atoms with Crippen molar-refractivity contribution < 1.29 is 10.0 Å². The Labute approximate surface area is 156 Å². The summed E-state index contributed by atoms with van der Waals surface area (Å²) in [4.78, 5) is 19.8. The molecule has 2 rings (SSSR count). The number of nitrogens with zero attached hydrogens (tertiary/aromatic N) is 3. The second kappa shape index (κ2) is 6.86. The number of halogens is 1. The Balaban J connectivity index is 2.05. The number of hydroxylamine groups is 2. The Morgan fingerprint density at radius 2 is 1.77 bits per heavy atom. The summed E-state index contributed by atoms with van der Waals surface area (Å²) in [6.45, 7) is 7.66. The molecule has 8 N–H and O–H groups in total. The number of nitrogen functional groups attached to an aromatic ring is 2. The Kier molecular flexibility index (Phi) is 5.31. The van der Waals surface area contributed by atoms with Gasteiger partial charge in [-0.15, -0.1) is 0 Å². The summed E-state index contributed by atoms with van der Waals surface area (Å²) >= 11 is 5.77. The molecule has 11 heteroatoms. The van der Waals surface area contributed by atoms with Crippen molar-refractivity contribution in [2.24, 2.45) is 0 Å². The smallest absolute Gasteiger partial charge is 0.280 e. The van der Waals surface area contributed by atoms with Gasteiger partial charge in [-0.25, -0.2) is 9.97 Å². The zero-order valence-electron chi connectivity index (χ0n) is 15.2. The van der Waals surface area contributed by atoms with E-state index in [4.69, 9.17) is 28.5 Å². The van der Waals surface area contributed by atoms with Crippen LogP contribution in [-0.4, -0.2) is 49.2 Å². The molecule has 0 bridgehead atoms. The molecule has 1 amide bonds. The van der Waals surface area contributed by atoms with Crippen molar-refractivity contribution in [1.29, 1.82) is 5.41 Å². The van der Waals surface area contributed by atoms with Crippen LogP contribution in [0.2, 0.25) is 5.15 Å². The van der Waals surface area contributed by atoms with E-state index in [-0.39, 0.29) is 34.5 Å². The lowest BCUT2D eigenvalue weighted by Gasteiger charge is -2.51. The highest BCUT2D eigenvalue weighted by atomic mass is 35.5. The van der Waals surface area contributed by atoms with Crippen LogP contribution in [0.5, 0.6) is 0 Å². The van der Waals surface area contributed by atoms with Crippen LogP contribution in [0.1, 0.15) is 51.0 Å². The van der Waals surface area contributed by atoms with Gasteiger partial charge < -0.3 is 22.0 Å². The van der Waals surface area contributed by atoms with Gasteiger partial charge in [0.2, 0.25) is 0 Å². The lowest BCUT2D eigenvalue weighted by Crippen LogP contribution is -2.63. The fourth-order valence-corrected chi connectivity index (χ4v) is 3.52. The Hall–Kier alpha value is -2.17. The minimum absolute atomic E-state index is 0.0749. The van der Waals surface area contributed by atoms with E-state index in [1.807, 2.05) is 27.7 Å². The first-order valence-electron chi connectivity index (χ1n) is 8.07. The topological polar surface area (TPSA) is 166 Å². The molecule has 1 aromatic rings. The van der Waals surface area contributed by atoms with Gasteiger partial charge in [-0.3, -0.25) is 15.5 Å². The Bertz CT molecular complexity index is 719. The molecule has 0 saturated carbocycles. The van der Waals surface area contributed by atoms with Crippen molar-refractivity contribution in [1.82, 2.24) is 25.7 Å². The predicted octanol–water partition coefficient (Wildman–Crippen LogP) is 0.959. The van der Waals surface area contributed by atoms with Crippen LogP contribution in [0, 0.1) is 5.41 Å². The summed E-state index contributed by atoms with van der Waals surface area (Å²) in [6.07, 6.45) is 1.17. The maximum Gasteiger partial charge on any atom is 0.280 e. The number of carbonyl (C=O) groups is 1. The zero-order chi connectivity index (χ0) is 19.9. The van der Waals surface area contributed by atoms with Crippen LogP contribution in [-0.2, 0) is 0 Å². The molecule has 144 valence electrons. The molecule has 0 spiro atoms. The minimum atomic E-state index is -0.715. The number of hydrogen-bond donors (Lipinski definition) is 6. The number of amides is 1. The van der Waals surface area contributed by atoms with Crippen LogP contribution in [0.15, 0.2) is 0 Å². The van der Waals surface area contributed by atoms with E-state index in [1.165, 1.54) is 5.06 Å². The van der Waals surface area contributed by atoms with Crippen molar-refractivity contribution in [3.05, 3.63) is 10.8 Å². The van der Waals surface area contributed by atoms with Crippen LogP contribution < -0.4 is 22.1 Å². The average Bonchev–Trinajstić information content (AvgIpc) is 2.47. The lowest BCUT2D eigenvalue weighted by molar-refractivity contribution is -0.245. The van der Waals surface area contributed by atoms with Crippen LogP contribution >= 0.6 is 11.6 Å². The normalized spacial score (nSPS) is 19.8. The van der Waals surface area contributed by atoms with Crippen LogP contribution in [0.4, 0.5) is 11.6 Å². The molecule has 0 unspecified atom stereocenters. The highest BCUT2D eigenvalue weighted by Gasteiger charge is 2.45. The lowest BCUT2D eigenvalue weighted by atomic mass is 9.79. The molecular formula is C15H25ClN8O2. The van der Waals surface area contributed by atoms with Crippen molar-refractivity contribution >= 4 is 35.1 Å². The number of anilines is 2. The summed E-state index contributed by atoms with van der Waals surface area (Å²) in [6, 6.07) is -0.116. The maximum absolute atomic E-state index is 12.3. The van der Waals surface area contributed by atoms with Crippen molar-refractivity contribution in [2.75, 3.05) is 11.5 Å². The summed E-state index contributed by atoms with van der Waals surface area (Å²) < 4.78 is 0. The number of carbonyl (C=O) groups excluding carboxylic acids is 1. The van der Waals surface area contributed by atoms with E-state index < -0.39 is 17.0 Å². The molecule has 26 heavy (non-hydrogen) atoms. The molecule has 0 aromatic carbocycles. The largest absolute Gasteiger partial charge is 0.382 e. The van der Waals surface area contributed by atoms with E-state index in [1.54, 1.807) is 0 Å². The van der Waals surface area contributed by atoms with E-state index in [9.17, 15) is 10.0 Å². The minimum Gasteiger partial charge on any atom is -0.382 e.